The van der Waals surface area contributed by atoms with E-state index in [0.29, 0.717) is 6.04 Å². The Balaban J connectivity index is 1.74. The third-order valence-corrected chi connectivity index (χ3v) is 4.22. The van der Waals surface area contributed by atoms with E-state index in [1.165, 1.54) is 25.7 Å². The number of rotatable bonds is 5. The van der Waals surface area contributed by atoms with Gasteiger partial charge < -0.3 is 15.1 Å². The summed E-state index contributed by atoms with van der Waals surface area (Å²) in [5, 5.41) is 3.45. The molecule has 2 aliphatic rings. The molecule has 1 saturated carbocycles. The fourth-order valence-electron chi connectivity index (χ4n) is 2.87. The van der Waals surface area contributed by atoms with Gasteiger partial charge in [0.05, 0.1) is 0 Å². The first-order chi connectivity index (χ1) is 9.74. The number of hydrogen-bond acceptors (Lipinski definition) is 5. The summed E-state index contributed by atoms with van der Waals surface area (Å²) in [4.78, 5) is 13.5. The summed E-state index contributed by atoms with van der Waals surface area (Å²) >= 11 is 0. The highest BCUT2D eigenvalue weighted by atomic mass is 15.3. The summed E-state index contributed by atoms with van der Waals surface area (Å²) in [6.07, 6.45) is 7.08. The predicted molar refractivity (Wildman–Crippen MR) is 82.3 cm³/mol. The Morgan fingerprint density at radius 2 is 1.95 bits per heavy atom. The van der Waals surface area contributed by atoms with Crippen LogP contribution in [0.1, 0.15) is 25.7 Å². The van der Waals surface area contributed by atoms with Gasteiger partial charge in [-0.1, -0.05) is 0 Å². The highest BCUT2D eigenvalue weighted by molar-refractivity contribution is 5.45. The molecule has 1 N–H and O–H groups in total. The van der Waals surface area contributed by atoms with E-state index in [2.05, 4.69) is 21.3 Å². The van der Waals surface area contributed by atoms with Gasteiger partial charge in [0.15, 0.2) is 0 Å². The van der Waals surface area contributed by atoms with Crippen molar-refractivity contribution in [2.45, 2.75) is 31.7 Å². The van der Waals surface area contributed by atoms with E-state index >= 15 is 0 Å². The van der Waals surface area contributed by atoms with Crippen LogP contribution in [0, 0.1) is 5.92 Å². The second-order valence-electron chi connectivity index (χ2n) is 6.19. The van der Waals surface area contributed by atoms with Crippen molar-refractivity contribution in [1.29, 1.82) is 0 Å². The van der Waals surface area contributed by atoms with Crippen LogP contribution in [0.15, 0.2) is 12.3 Å². The number of hydrogen-bond donors (Lipinski definition) is 1. The Labute approximate surface area is 121 Å². The van der Waals surface area contributed by atoms with E-state index in [1.54, 1.807) is 0 Å². The Hall–Kier alpha value is -1.36. The van der Waals surface area contributed by atoms with Crippen LogP contribution < -0.4 is 15.1 Å². The highest BCUT2D eigenvalue weighted by Gasteiger charge is 2.32. The van der Waals surface area contributed by atoms with E-state index in [9.17, 15) is 0 Å². The monoisotopic (exact) mass is 275 g/mol. The molecule has 0 atom stereocenters. The molecule has 1 aliphatic carbocycles. The summed E-state index contributed by atoms with van der Waals surface area (Å²) < 4.78 is 0. The standard InChI is InChI=1S/C15H25N5/c1-19(2)15-17-10-7-14(18-15)20(13-3-4-13)11-12-5-8-16-9-6-12/h7,10,12-13,16H,3-6,8-9,11H2,1-2H3. The Kier molecular flexibility index (Phi) is 4.05. The molecule has 20 heavy (non-hydrogen) atoms. The number of aromatic nitrogens is 2. The average molecular weight is 275 g/mol. The van der Waals surface area contributed by atoms with Crippen molar-refractivity contribution < 1.29 is 0 Å². The third kappa shape index (κ3) is 3.20. The normalized spacial score (nSPS) is 19.9. The van der Waals surface area contributed by atoms with Crippen LogP contribution in [-0.2, 0) is 0 Å². The molecule has 1 saturated heterocycles. The predicted octanol–water partition coefficient (Wildman–Crippen LogP) is 1.51. The van der Waals surface area contributed by atoms with Gasteiger partial charge in [0.25, 0.3) is 0 Å². The van der Waals surface area contributed by atoms with Gasteiger partial charge in [-0.05, 0) is 50.8 Å². The Morgan fingerprint density at radius 1 is 1.20 bits per heavy atom. The molecule has 0 unspecified atom stereocenters. The minimum Gasteiger partial charge on any atom is -0.353 e. The van der Waals surface area contributed by atoms with Gasteiger partial charge in [-0.3, -0.25) is 0 Å². The van der Waals surface area contributed by atoms with Crippen molar-refractivity contribution in [2.24, 2.45) is 5.92 Å². The molecule has 0 radical (unpaired) electrons. The van der Waals surface area contributed by atoms with Crippen molar-refractivity contribution >= 4 is 11.8 Å². The van der Waals surface area contributed by atoms with Gasteiger partial charge in [-0.15, -0.1) is 0 Å². The Bertz CT molecular complexity index is 438. The fraction of sp³-hybridized carbons (Fsp3) is 0.733. The summed E-state index contributed by atoms with van der Waals surface area (Å²) in [6.45, 7) is 3.47. The lowest BCUT2D eigenvalue weighted by atomic mass is 9.97. The second kappa shape index (κ2) is 5.95. The zero-order valence-corrected chi connectivity index (χ0v) is 12.5. The minimum atomic E-state index is 0.704. The first-order valence-electron chi connectivity index (χ1n) is 7.72. The Morgan fingerprint density at radius 3 is 2.60 bits per heavy atom. The van der Waals surface area contributed by atoms with Gasteiger partial charge in [-0.25, -0.2) is 4.98 Å². The molecule has 0 amide bonds. The molecule has 5 nitrogen and oxygen atoms in total. The quantitative estimate of drug-likeness (QED) is 0.882. The molecular weight excluding hydrogens is 250 g/mol. The summed E-state index contributed by atoms with van der Waals surface area (Å²) in [5.74, 6) is 2.71. The zero-order chi connectivity index (χ0) is 13.9. The molecule has 2 fully saturated rings. The number of anilines is 2. The summed E-state index contributed by atoms with van der Waals surface area (Å²) in [5.41, 5.74) is 0. The SMILES string of the molecule is CN(C)c1nccc(N(CC2CCNCC2)C2CC2)n1. The molecule has 0 spiro atoms. The minimum absolute atomic E-state index is 0.704. The first kappa shape index (κ1) is 13.6. The molecule has 1 aromatic heterocycles. The lowest BCUT2D eigenvalue weighted by Crippen LogP contribution is -2.37. The third-order valence-electron chi connectivity index (χ3n) is 4.22. The number of nitrogens with one attached hydrogen (secondary N) is 1. The van der Waals surface area contributed by atoms with Gasteiger partial charge in [0.1, 0.15) is 5.82 Å². The topological polar surface area (TPSA) is 44.3 Å². The molecule has 0 bridgehead atoms. The number of nitrogens with zero attached hydrogens (tertiary/aromatic N) is 4. The molecule has 2 heterocycles. The molecule has 1 aromatic rings. The van der Waals surface area contributed by atoms with Crippen LogP contribution in [0.3, 0.4) is 0 Å². The van der Waals surface area contributed by atoms with E-state index in [-0.39, 0.29) is 0 Å². The highest BCUT2D eigenvalue weighted by Crippen LogP contribution is 2.32. The average Bonchev–Trinajstić information content (AvgIpc) is 3.30. The largest absolute Gasteiger partial charge is 0.353 e. The molecule has 0 aromatic carbocycles. The molecular formula is C15H25N5. The first-order valence-corrected chi connectivity index (χ1v) is 7.72. The van der Waals surface area contributed by atoms with Gasteiger partial charge in [0, 0.05) is 32.9 Å². The maximum atomic E-state index is 4.72. The van der Waals surface area contributed by atoms with Crippen LogP contribution in [0.2, 0.25) is 0 Å². The van der Waals surface area contributed by atoms with E-state index in [4.69, 9.17) is 4.98 Å². The lowest BCUT2D eigenvalue weighted by molar-refractivity contribution is 0.372. The van der Waals surface area contributed by atoms with Gasteiger partial charge in [-0.2, -0.15) is 4.98 Å². The van der Waals surface area contributed by atoms with Crippen LogP contribution in [0.5, 0.6) is 0 Å². The van der Waals surface area contributed by atoms with Crippen molar-refractivity contribution in [3.8, 4) is 0 Å². The van der Waals surface area contributed by atoms with Crippen molar-refractivity contribution in [2.75, 3.05) is 43.5 Å². The second-order valence-corrected chi connectivity index (χ2v) is 6.19. The maximum absolute atomic E-state index is 4.72. The smallest absolute Gasteiger partial charge is 0.226 e. The van der Waals surface area contributed by atoms with Crippen LogP contribution >= 0.6 is 0 Å². The van der Waals surface area contributed by atoms with E-state index in [1.807, 2.05) is 25.2 Å². The van der Waals surface area contributed by atoms with E-state index in [0.717, 1.165) is 37.3 Å². The molecule has 110 valence electrons. The van der Waals surface area contributed by atoms with Crippen molar-refractivity contribution in [3.63, 3.8) is 0 Å². The summed E-state index contributed by atoms with van der Waals surface area (Å²) in [7, 11) is 3.99. The van der Waals surface area contributed by atoms with Crippen LogP contribution in [-0.4, -0.2) is 49.7 Å². The van der Waals surface area contributed by atoms with Crippen LogP contribution in [0.4, 0.5) is 11.8 Å². The lowest BCUT2D eigenvalue weighted by Gasteiger charge is -2.31. The van der Waals surface area contributed by atoms with Crippen molar-refractivity contribution in [1.82, 2.24) is 15.3 Å². The zero-order valence-electron chi connectivity index (χ0n) is 12.5. The van der Waals surface area contributed by atoms with Gasteiger partial charge in [0.2, 0.25) is 5.95 Å². The molecule has 5 heteroatoms. The van der Waals surface area contributed by atoms with Crippen molar-refractivity contribution in [3.05, 3.63) is 12.3 Å². The molecule has 3 rings (SSSR count). The maximum Gasteiger partial charge on any atom is 0.226 e. The summed E-state index contributed by atoms with van der Waals surface area (Å²) in [6, 6.07) is 2.77. The molecule has 1 aliphatic heterocycles. The van der Waals surface area contributed by atoms with Crippen LogP contribution in [0.25, 0.3) is 0 Å². The number of piperidine rings is 1. The van der Waals surface area contributed by atoms with Gasteiger partial charge >= 0.3 is 0 Å². The van der Waals surface area contributed by atoms with E-state index < -0.39 is 0 Å². The fourth-order valence-corrected chi connectivity index (χ4v) is 2.87.